The molecule has 17 heavy (non-hydrogen) atoms. The first-order chi connectivity index (χ1) is 8.08. The van der Waals surface area contributed by atoms with Crippen LogP contribution in [0.3, 0.4) is 0 Å². The zero-order valence-electron chi connectivity index (χ0n) is 11.0. The number of aliphatic hydroxyl groups excluding tert-OH is 1. The maximum atomic E-state index is 9.82. The summed E-state index contributed by atoms with van der Waals surface area (Å²) in [6.07, 6.45) is 0.782. The van der Waals surface area contributed by atoms with Gasteiger partial charge >= 0.3 is 0 Å². The third-order valence-electron chi connectivity index (χ3n) is 2.60. The molecule has 1 aromatic rings. The molecule has 0 aromatic carbocycles. The fourth-order valence-corrected chi connectivity index (χ4v) is 2.34. The Morgan fingerprint density at radius 3 is 2.82 bits per heavy atom. The third-order valence-corrected chi connectivity index (χ3v) is 3.54. The Hall–Kier alpha value is -0.420. The Morgan fingerprint density at radius 2 is 2.24 bits per heavy atom. The van der Waals surface area contributed by atoms with Gasteiger partial charge in [0.15, 0.2) is 0 Å². The molecule has 0 spiro atoms. The van der Waals surface area contributed by atoms with Crippen LogP contribution in [-0.2, 0) is 6.42 Å². The number of aliphatic hydroxyl groups is 1. The van der Waals surface area contributed by atoms with Crippen molar-refractivity contribution in [3.8, 4) is 0 Å². The van der Waals surface area contributed by atoms with Crippen molar-refractivity contribution in [1.82, 2.24) is 10.2 Å². The summed E-state index contributed by atoms with van der Waals surface area (Å²) in [6, 6.07) is 4.68. The van der Waals surface area contributed by atoms with Crippen LogP contribution in [-0.4, -0.2) is 48.8 Å². The first-order valence-corrected chi connectivity index (χ1v) is 7.08. The molecule has 2 N–H and O–H groups in total. The summed E-state index contributed by atoms with van der Waals surface area (Å²) in [5.74, 6) is 0. The van der Waals surface area contributed by atoms with E-state index in [1.54, 1.807) is 11.3 Å². The maximum Gasteiger partial charge on any atom is 0.0791 e. The average Bonchev–Trinajstić information content (AvgIpc) is 2.76. The second-order valence-electron chi connectivity index (χ2n) is 4.81. The van der Waals surface area contributed by atoms with Crippen LogP contribution in [0.25, 0.3) is 0 Å². The molecule has 0 aliphatic heterocycles. The lowest BCUT2D eigenvalue weighted by Crippen LogP contribution is -2.39. The van der Waals surface area contributed by atoms with Gasteiger partial charge in [-0.3, -0.25) is 0 Å². The van der Waals surface area contributed by atoms with Gasteiger partial charge in [0, 0.05) is 30.6 Å². The van der Waals surface area contributed by atoms with E-state index in [0.29, 0.717) is 12.6 Å². The topological polar surface area (TPSA) is 35.5 Å². The Morgan fingerprint density at radius 1 is 1.47 bits per heavy atom. The van der Waals surface area contributed by atoms with Crippen LogP contribution in [0.4, 0.5) is 0 Å². The van der Waals surface area contributed by atoms with Gasteiger partial charge in [0.1, 0.15) is 0 Å². The number of likely N-dealkylation sites (N-methyl/N-ethyl adjacent to an activating group) is 1. The molecule has 1 aromatic heterocycles. The number of nitrogens with one attached hydrogen (secondary N) is 1. The van der Waals surface area contributed by atoms with Gasteiger partial charge in [-0.25, -0.2) is 0 Å². The fourth-order valence-electron chi connectivity index (χ4n) is 1.64. The average molecular weight is 256 g/mol. The lowest BCUT2D eigenvalue weighted by molar-refractivity contribution is 0.123. The summed E-state index contributed by atoms with van der Waals surface area (Å²) in [6.45, 7) is 6.58. The molecule has 0 radical (unpaired) electrons. The van der Waals surface area contributed by atoms with Crippen LogP contribution in [0.2, 0.25) is 0 Å². The monoisotopic (exact) mass is 256 g/mol. The van der Waals surface area contributed by atoms with E-state index in [4.69, 9.17) is 0 Å². The maximum absolute atomic E-state index is 9.82. The molecule has 0 aliphatic carbocycles. The van der Waals surface area contributed by atoms with Crippen LogP contribution >= 0.6 is 11.3 Å². The largest absolute Gasteiger partial charge is 0.390 e. The third kappa shape index (κ3) is 6.78. The van der Waals surface area contributed by atoms with Crippen molar-refractivity contribution in [3.63, 3.8) is 0 Å². The van der Waals surface area contributed by atoms with Crippen molar-refractivity contribution in [2.75, 3.05) is 26.7 Å². The molecule has 3 nitrogen and oxygen atoms in total. The van der Waals surface area contributed by atoms with E-state index in [1.165, 1.54) is 4.88 Å². The van der Waals surface area contributed by atoms with Crippen molar-refractivity contribution >= 4 is 11.3 Å². The Labute approximate surface area is 108 Å². The van der Waals surface area contributed by atoms with Gasteiger partial charge in [0.2, 0.25) is 0 Å². The molecule has 0 saturated carbocycles. The lowest BCUT2D eigenvalue weighted by atomic mass is 10.2. The van der Waals surface area contributed by atoms with Crippen molar-refractivity contribution in [2.24, 2.45) is 0 Å². The summed E-state index contributed by atoms with van der Waals surface area (Å²) >= 11 is 1.80. The minimum Gasteiger partial charge on any atom is -0.390 e. The molecule has 1 unspecified atom stereocenters. The Bertz CT molecular complexity index is 288. The van der Waals surface area contributed by atoms with Crippen LogP contribution in [0.5, 0.6) is 0 Å². The summed E-state index contributed by atoms with van der Waals surface area (Å²) in [7, 11) is 2.06. The standard InChI is InChI=1S/C13H24N2OS/c1-11(2)14-9-12(16)10-15(3)7-6-13-5-4-8-17-13/h4-5,8,11-12,14,16H,6-7,9-10H2,1-3H3. The number of rotatable bonds is 8. The molecule has 0 saturated heterocycles. The minimum absolute atomic E-state index is 0.286. The van der Waals surface area contributed by atoms with E-state index < -0.39 is 0 Å². The summed E-state index contributed by atoms with van der Waals surface area (Å²) < 4.78 is 0. The minimum atomic E-state index is -0.286. The summed E-state index contributed by atoms with van der Waals surface area (Å²) in [4.78, 5) is 3.60. The van der Waals surface area contributed by atoms with Crippen molar-refractivity contribution in [2.45, 2.75) is 32.4 Å². The fraction of sp³-hybridized carbons (Fsp3) is 0.692. The van der Waals surface area contributed by atoms with E-state index in [2.05, 4.69) is 48.6 Å². The number of hydrogen-bond donors (Lipinski definition) is 2. The molecule has 0 amide bonds. The molecular formula is C13H24N2OS. The van der Waals surface area contributed by atoms with Crippen LogP contribution in [0.15, 0.2) is 17.5 Å². The predicted molar refractivity (Wildman–Crippen MR) is 74.7 cm³/mol. The molecule has 4 heteroatoms. The first-order valence-electron chi connectivity index (χ1n) is 6.20. The van der Waals surface area contributed by atoms with Crippen LogP contribution in [0, 0.1) is 0 Å². The number of hydrogen-bond acceptors (Lipinski definition) is 4. The van der Waals surface area contributed by atoms with Gasteiger partial charge in [-0.1, -0.05) is 19.9 Å². The molecule has 0 fully saturated rings. The van der Waals surface area contributed by atoms with Crippen LogP contribution in [0.1, 0.15) is 18.7 Å². The molecule has 1 rings (SSSR count). The quantitative estimate of drug-likeness (QED) is 0.741. The van der Waals surface area contributed by atoms with Gasteiger partial charge in [-0.2, -0.15) is 0 Å². The molecular weight excluding hydrogens is 232 g/mol. The molecule has 1 heterocycles. The Kier molecular flexibility index (Phi) is 6.73. The van der Waals surface area contributed by atoms with E-state index in [0.717, 1.165) is 19.5 Å². The smallest absolute Gasteiger partial charge is 0.0791 e. The highest BCUT2D eigenvalue weighted by Crippen LogP contribution is 2.09. The molecule has 98 valence electrons. The Balaban J connectivity index is 2.13. The first kappa shape index (κ1) is 14.6. The molecule has 1 atom stereocenters. The molecule has 0 bridgehead atoms. The zero-order valence-corrected chi connectivity index (χ0v) is 11.8. The highest BCUT2D eigenvalue weighted by Gasteiger charge is 2.08. The van der Waals surface area contributed by atoms with E-state index in [1.807, 2.05) is 0 Å². The number of nitrogens with zero attached hydrogens (tertiary/aromatic N) is 1. The molecule has 0 aliphatic rings. The highest BCUT2D eigenvalue weighted by molar-refractivity contribution is 7.09. The SMILES string of the molecule is CC(C)NCC(O)CN(C)CCc1cccs1. The van der Waals surface area contributed by atoms with Gasteiger partial charge in [-0.15, -0.1) is 11.3 Å². The van der Waals surface area contributed by atoms with E-state index >= 15 is 0 Å². The summed E-state index contributed by atoms with van der Waals surface area (Å²) in [5.41, 5.74) is 0. The number of thiophene rings is 1. The van der Waals surface area contributed by atoms with Crippen molar-refractivity contribution in [1.29, 1.82) is 0 Å². The van der Waals surface area contributed by atoms with Gasteiger partial charge < -0.3 is 15.3 Å². The predicted octanol–water partition coefficient (Wildman–Crippen LogP) is 1.58. The zero-order chi connectivity index (χ0) is 12.7. The lowest BCUT2D eigenvalue weighted by Gasteiger charge is -2.21. The van der Waals surface area contributed by atoms with Gasteiger partial charge in [0.05, 0.1) is 6.10 Å². The van der Waals surface area contributed by atoms with Crippen molar-refractivity contribution in [3.05, 3.63) is 22.4 Å². The normalized spacial score (nSPS) is 13.5. The van der Waals surface area contributed by atoms with Gasteiger partial charge in [0.25, 0.3) is 0 Å². The van der Waals surface area contributed by atoms with E-state index in [9.17, 15) is 5.11 Å². The van der Waals surface area contributed by atoms with Crippen molar-refractivity contribution < 1.29 is 5.11 Å². The second kappa shape index (κ2) is 7.82. The summed E-state index contributed by atoms with van der Waals surface area (Å²) in [5, 5.41) is 15.2. The highest BCUT2D eigenvalue weighted by atomic mass is 32.1. The second-order valence-corrected chi connectivity index (χ2v) is 5.84. The van der Waals surface area contributed by atoms with Gasteiger partial charge in [-0.05, 0) is 24.9 Å². The van der Waals surface area contributed by atoms with Crippen LogP contribution < -0.4 is 5.32 Å². The van der Waals surface area contributed by atoms with E-state index in [-0.39, 0.29) is 6.10 Å².